The number of rotatable bonds is 3. The summed E-state index contributed by atoms with van der Waals surface area (Å²) in [5.41, 5.74) is 4.61. The summed E-state index contributed by atoms with van der Waals surface area (Å²) in [6.45, 7) is 0. The van der Waals surface area contributed by atoms with Crippen LogP contribution in [-0.4, -0.2) is 20.2 Å². The molecule has 21 heavy (non-hydrogen) atoms. The summed E-state index contributed by atoms with van der Waals surface area (Å²) in [4.78, 5) is 19.0. The number of nitrogens with one attached hydrogen (secondary N) is 2. The van der Waals surface area contributed by atoms with Gasteiger partial charge in [0.2, 0.25) is 0 Å². The number of nitrogens with zero attached hydrogens (tertiary/aromatic N) is 2. The van der Waals surface area contributed by atoms with E-state index in [1.54, 1.807) is 0 Å². The molecule has 2 heterocycles. The number of thioether (sulfide) groups is 1. The van der Waals surface area contributed by atoms with Gasteiger partial charge < -0.3 is 4.98 Å². The molecule has 0 fully saturated rings. The predicted molar refractivity (Wildman–Crippen MR) is 82.5 cm³/mol. The van der Waals surface area contributed by atoms with E-state index in [-0.39, 0.29) is 5.56 Å². The minimum Gasteiger partial charge on any atom is -0.301 e. The van der Waals surface area contributed by atoms with Crippen molar-refractivity contribution in [1.82, 2.24) is 20.2 Å². The van der Waals surface area contributed by atoms with Gasteiger partial charge in [-0.1, -0.05) is 30.0 Å². The number of H-pyrrole nitrogens is 2. The van der Waals surface area contributed by atoms with E-state index in [2.05, 4.69) is 38.4 Å². The predicted octanol–water partition coefficient (Wildman–Crippen LogP) is 2.43. The number of aromatic nitrogens is 4. The van der Waals surface area contributed by atoms with Gasteiger partial charge >= 0.3 is 0 Å². The summed E-state index contributed by atoms with van der Waals surface area (Å²) in [5.74, 6) is 0.801. The molecular formula is C15H14N4OS. The lowest BCUT2D eigenvalue weighted by molar-refractivity contribution is 0.911. The van der Waals surface area contributed by atoms with Crippen molar-refractivity contribution in [2.45, 2.75) is 30.2 Å². The summed E-state index contributed by atoms with van der Waals surface area (Å²) >= 11 is 1.54. The van der Waals surface area contributed by atoms with Crippen LogP contribution in [0.2, 0.25) is 0 Å². The average molecular weight is 298 g/mol. The zero-order chi connectivity index (χ0) is 14.2. The zero-order valence-corrected chi connectivity index (χ0v) is 12.2. The van der Waals surface area contributed by atoms with Crippen LogP contribution in [0.5, 0.6) is 0 Å². The minimum atomic E-state index is -0.148. The number of aryl methyl sites for hydroxylation is 2. The van der Waals surface area contributed by atoms with E-state index in [1.165, 1.54) is 53.9 Å². The lowest BCUT2D eigenvalue weighted by Crippen LogP contribution is -2.08. The van der Waals surface area contributed by atoms with Gasteiger partial charge in [-0.15, -0.1) is 0 Å². The highest BCUT2D eigenvalue weighted by Crippen LogP contribution is 2.26. The Morgan fingerprint density at radius 3 is 3.10 bits per heavy atom. The normalized spacial score (nSPS) is 13.7. The molecule has 2 aromatic heterocycles. The van der Waals surface area contributed by atoms with Gasteiger partial charge in [-0.2, -0.15) is 5.10 Å². The van der Waals surface area contributed by atoms with E-state index < -0.39 is 0 Å². The lowest BCUT2D eigenvalue weighted by Gasteiger charge is -2.04. The lowest BCUT2D eigenvalue weighted by atomic mass is 10.1. The molecule has 0 spiro atoms. The van der Waals surface area contributed by atoms with Gasteiger partial charge in [0.1, 0.15) is 5.39 Å². The van der Waals surface area contributed by atoms with Crippen LogP contribution in [0.1, 0.15) is 23.1 Å². The molecule has 1 aliphatic rings. The molecule has 0 radical (unpaired) electrons. The molecule has 0 saturated carbocycles. The van der Waals surface area contributed by atoms with Crippen molar-refractivity contribution in [3.05, 3.63) is 51.4 Å². The summed E-state index contributed by atoms with van der Waals surface area (Å²) in [5, 5.41) is 7.70. The van der Waals surface area contributed by atoms with Crippen molar-refractivity contribution in [1.29, 1.82) is 0 Å². The van der Waals surface area contributed by atoms with Crippen molar-refractivity contribution >= 4 is 22.8 Å². The molecule has 0 amide bonds. The third kappa shape index (κ3) is 2.35. The molecule has 1 aromatic carbocycles. The first-order valence-corrected chi connectivity index (χ1v) is 7.95. The fraction of sp³-hybridized carbons (Fsp3) is 0.267. The van der Waals surface area contributed by atoms with E-state index in [1.807, 2.05) is 0 Å². The van der Waals surface area contributed by atoms with Gasteiger partial charge in [0.25, 0.3) is 5.56 Å². The standard InChI is InChI=1S/C15H14N4OS/c20-14-12-7-16-19-13(12)17-15(18-14)21-8-9-4-5-10-2-1-3-11(10)6-9/h4-7H,1-3,8H2,(H2,16,17,18,19,20). The molecule has 0 unspecified atom stereocenters. The van der Waals surface area contributed by atoms with Crippen LogP contribution < -0.4 is 5.56 Å². The average Bonchev–Trinajstić information content (AvgIpc) is 3.13. The van der Waals surface area contributed by atoms with Gasteiger partial charge in [-0.25, -0.2) is 4.98 Å². The summed E-state index contributed by atoms with van der Waals surface area (Å²) < 4.78 is 0. The van der Waals surface area contributed by atoms with Crippen LogP contribution in [0.15, 0.2) is 34.3 Å². The van der Waals surface area contributed by atoms with Gasteiger partial charge in [0, 0.05) is 5.75 Å². The Balaban J connectivity index is 1.56. The maximum atomic E-state index is 11.9. The highest BCUT2D eigenvalue weighted by atomic mass is 32.2. The highest BCUT2D eigenvalue weighted by Gasteiger charge is 2.11. The second-order valence-electron chi connectivity index (χ2n) is 5.25. The largest absolute Gasteiger partial charge is 0.301 e. The third-order valence-electron chi connectivity index (χ3n) is 3.84. The molecule has 0 aliphatic heterocycles. The van der Waals surface area contributed by atoms with Gasteiger partial charge in [-0.05, 0) is 36.0 Å². The van der Waals surface area contributed by atoms with E-state index in [4.69, 9.17) is 0 Å². The molecular weight excluding hydrogens is 284 g/mol. The quantitative estimate of drug-likeness (QED) is 0.575. The van der Waals surface area contributed by atoms with Gasteiger partial charge in [0.05, 0.1) is 6.20 Å². The Bertz CT molecular complexity index is 867. The second kappa shape index (κ2) is 5.04. The van der Waals surface area contributed by atoms with Gasteiger partial charge in [0.15, 0.2) is 10.8 Å². The summed E-state index contributed by atoms with van der Waals surface area (Å²) in [6, 6.07) is 6.68. The van der Waals surface area contributed by atoms with E-state index in [0.29, 0.717) is 16.2 Å². The molecule has 4 rings (SSSR count). The first-order valence-electron chi connectivity index (χ1n) is 6.96. The van der Waals surface area contributed by atoms with Crippen LogP contribution in [0.3, 0.4) is 0 Å². The van der Waals surface area contributed by atoms with Crippen LogP contribution in [0.4, 0.5) is 0 Å². The van der Waals surface area contributed by atoms with E-state index in [9.17, 15) is 4.79 Å². The van der Waals surface area contributed by atoms with Gasteiger partial charge in [-0.3, -0.25) is 9.89 Å². The Morgan fingerprint density at radius 1 is 1.24 bits per heavy atom. The number of hydrogen-bond donors (Lipinski definition) is 2. The Labute approximate surface area is 125 Å². The van der Waals surface area contributed by atoms with E-state index >= 15 is 0 Å². The highest BCUT2D eigenvalue weighted by molar-refractivity contribution is 7.98. The fourth-order valence-corrected chi connectivity index (χ4v) is 3.56. The van der Waals surface area contributed by atoms with Crippen LogP contribution in [0, 0.1) is 0 Å². The molecule has 1 aliphatic carbocycles. The zero-order valence-electron chi connectivity index (χ0n) is 11.3. The second-order valence-corrected chi connectivity index (χ2v) is 6.21. The number of benzene rings is 1. The Hall–Kier alpha value is -2.08. The Morgan fingerprint density at radius 2 is 2.14 bits per heavy atom. The molecule has 0 bridgehead atoms. The number of aromatic amines is 2. The van der Waals surface area contributed by atoms with Crippen molar-refractivity contribution < 1.29 is 0 Å². The minimum absolute atomic E-state index is 0.148. The molecule has 3 aromatic rings. The van der Waals surface area contributed by atoms with Crippen LogP contribution in [0.25, 0.3) is 11.0 Å². The topological polar surface area (TPSA) is 74.4 Å². The Kier molecular flexibility index (Phi) is 3.03. The summed E-state index contributed by atoms with van der Waals surface area (Å²) in [7, 11) is 0. The van der Waals surface area contributed by atoms with Crippen LogP contribution >= 0.6 is 11.8 Å². The molecule has 5 nitrogen and oxygen atoms in total. The monoisotopic (exact) mass is 298 g/mol. The molecule has 2 N–H and O–H groups in total. The maximum Gasteiger partial charge on any atom is 0.262 e. The first-order chi connectivity index (χ1) is 10.3. The molecule has 106 valence electrons. The SMILES string of the molecule is O=c1[nH]c(SCc2ccc3c(c2)CCC3)nc2[nH]ncc12. The first kappa shape index (κ1) is 12.6. The summed E-state index contributed by atoms with van der Waals surface area (Å²) in [6.07, 6.45) is 5.14. The van der Waals surface area contributed by atoms with Crippen molar-refractivity contribution in [2.24, 2.45) is 0 Å². The third-order valence-corrected chi connectivity index (χ3v) is 4.78. The van der Waals surface area contributed by atoms with Crippen molar-refractivity contribution in [2.75, 3.05) is 0 Å². The number of fused-ring (bicyclic) bond motifs is 2. The fourth-order valence-electron chi connectivity index (χ4n) is 2.76. The smallest absolute Gasteiger partial charge is 0.262 e. The number of hydrogen-bond acceptors (Lipinski definition) is 4. The molecule has 0 saturated heterocycles. The molecule has 6 heteroatoms. The maximum absolute atomic E-state index is 11.9. The van der Waals surface area contributed by atoms with Crippen LogP contribution in [-0.2, 0) is 18.6 Å². The van der Waals surface area contributed by atoms with Crippen molar-refractivity contribution in [3.63, 3.8) is 0 Å². The van der Waals surface area contributed by atoms with E-state index in [0.717, 1.165) is 5.75 Å². The van der Waals surface area contributed by atoms with Crippen molar-refractivity contribution in [3.8, 4) is 0 Å². The molecule has 0 atom stereocenters.